The fourth-order valence-corrected chi connectivity index (χ4v) is 2.42. The van der Waals surface area contributed by atoms with Gasteiger partial charge in [0.2, 0.25) is 12.2 Å². The van der Waals surface area contributed by atoms with Crippen molar-refractivity contribution in [3.63, 3.8) is 0 Å². The van der Waals surface area contributed by atoms with Crippen LogP contribution in [-0.2, 0) is 19.1 Å². The number of nitrogens with one attached hydrogen (secondary N) is 1. The molecule has 23 heavy (non-hydrogen) atoms. The molecule has 0 radical (unpaired) electrons. The van der Waals surface area contributed by atoms with Gasteiger partial charge >= 0.3 is 11.7 Å². The predicted octanol–water partition coefficient (Wildman–Crippen LogP) is 1.28. The van der Waals surface area contributed by atoms with Crippen molar-refractivity contribution in [1.29, 1.82) is 0 Å². The summed E-state index contributed by atoms with van der Waals surface area (Å²) in [6.07, 6.45) is 0.545. The minimum absolute atomic E-state index is 0.0464. The van der Waals surface area contributed by atoms with E-state index in [0.717, 1.165) is 0 Å². The molecular formula is C15H21N3O5. The SMILES string of the molecule is CCC(=O)Nc1ccn([C@@H]2OC(OC(C)=O)[C@@H](C)[C@@H]2C)c(=O)n1. The largest absolute Gasteiger partial charge is 0.436 e. The Hall–Kier alpha value is -2.22. The van der Waals surface area contributed by atoms with Crippen molar-refractivity contribution >= 4 is 17.7 Å². The Morgan fingerprint density at radius 2 is 2.09 bits per heavy atom. The molecule has 0 bridgehead atoms. The van der Waals surface area contributed by atoms with Crippen LogP contribution in [0.4, 0.5) is 5.82 Å². The van der Waals surface area contributed by atoms with Crippen molar-refractivity contribution in [1.82, 2.24) is 9.55 Å². The monoisotopic (exact) mass is 323 g/mol. The van der Waals surface area contributed by atoms with Gasteiger partial charge in [0, 0.05) is 31.4 Å². The summed E-state index contributed by atoms with van der Waals surface area (Å²) < 4.78 is 12.2. The molecular weight excluding hydrogens is 302 g/mol. The minimum Gasteiger partial charge on any atom is -0.436 e. The standard InChI is InChI=1S/C15H21N3O5/c1-5-12(20)16-11-6-7-18(15(21)17-11)13-8(2)9(3)14(23-13)22-10(4)19/h6-9,13-14H,5H2,1-4H3,(H,16,17,20,21)/t8-,9-,13+,14?/m0/s1. The molecule has 1 amide bonds. The maximum absolute atomic E-state index is 12.2. The maximum atomic E-state index is 12.2. The molecule has 1 aliphatic rings. The van der Waals surface area contributed by atoms with Crippen LogP contribution in [0.3, 0.4) is 0 Å². The van der Waals surface area contributed by atoms with Gasteiger partial charge in [-0.25, -0.2) is 4.79 Å². The topological polar surface area (TPSA) is 99.5 Å². The van der Waals surface area contributed by atoms with Gasteiger partial charge in [-0.3, -0.25) is 14.2 Å². The van der Waals surface area contributed by atoms with Crippen LogP contribution in [0.5, 0.6) is 0 Å². The van der Waals surface area contributed by atoms with Gasteiger partial charge in [-0.1, -0.05) is 20.8 Å². The predicted molar refractivity (Wildman–Crippen MR) is 81.4 cm³/mol. The molecule has 2 heterocycles. The van der Waals surface area contributed by atoms with E-state index in [0.29, 0.717) is 6.42 Å². The molecule has 126 valence electrons. The quantitative estimate of drug-likeness (QED) is 0.838. The van der Waals surface area contributed by atoms with E-state index < -0.39 is 24.2 Å². The van der Waals surface area contributed by atoms with E-state index in [1.54, 1.807) is 6.92 Å². The van der Waals surface area contributed by atoms with E-state index in [4.69, 9.17) is 9.47 Å². The Labute approximate surface area is 133 Å². The highest BCUT2D eigenvalue weighted by atomic mass is 16.7. The molecule has 1 aliphatic heterocycles. The van der Waals surface area contributed by atoms with Crippen molar-refractivity contribution in [3.05, 3.63) is 22.7 Å². The van der Waals surface area contributed by atoms with Crippen LogP contribution in [-0.4, -0.2) is 27.7 Å². The van der Waals surface area contributed by atoms with Gasteiger partial charge < -0.3 is 14.8 Å². The first kappa shape index (κ1) is 17.1. The highest BCUT2D eigenvalue weighted by Crippen LogP contribution is 2.38. The van der Waals surface area contributed by atoms with Crippen LogP contribution < -0.4 is 11.0 Å². The van der Waals surface area contributed by atoms with Gasteiger partial charge in [-0.2, -0.15) is 4.98 Å². The lowest BCUT2D eigenvalue weighted by atomic mass is 9.97. The third-order valence-corrected chi connectivity index (χ3v) is 3.96. The molecule has 8 heteroatoms. The number of carbonyl (C=O) groups is 2. The number of hydrogen-bond donors (Lipinski definition) is 1. The summed E-state index contributed by atoms with van der Waals surface area (Å²) in [7, 11) is 0. The molecule has 1 aromatic rings. The Morgan fingerprint density at radius 1 is 1.39 bits per heavy atom. The van der Waals surface area contributed by atoms with Gasteiger partial charge in [0.25, 0.3) is 0 Å². The number of ether oxygens (including phenoxy) is 2. The molecule has 1 saturated heterocycles. The highest BCUT2D eigenvalue weighted by Gasteiger charge is 2.42. The Bertz CT molecular complexity index is 657. The number of rotatable bonds is 4. The van der Waals surface area contributed by atoms with Crippen LogP contribution in [0.15, 0.2) is 17.1 Å². The van der Waals surface area contributed by atoms with Crippen LogP contribution in [0.2, 0.25) is 0 Å². The molecule has 0 aliphatic carbocycles. The Morgan fingerprint density at radius 3 is 2.65 bits per heavy atom. The number of aromatic nitrogens is 2. The number of esters is 1. The first-order valence-corrected chi connectivity index (χ1v) is 7.55. The van der Waals surface area contributed by atoms with Crippen molar-refractivity contribution in [3.8, 4) is 0 Å². The van der Waals surface area contributed by atoms with E-state index in [2.05, 4.69) is 10.3 Å². The number of carbonyl (C=O) groups excluding carboxylic acids is 2. The molecule has 1 fully saturated rings. The van der Waals surface area contributed by atoms with Gasteiger partial charge in [0.05, 0.1) is 0 Å². The lowest BCUT2D eigenvalue weighted by Crippen LogP contribution is -2.30. The maximum Gasteiger partial charge on any atom is 0.351 e. The zero-order chi connectivity index (χ0) is 17.1. The molecule has 2 rings (SSSR count). The van der Waals surface area contributed by atoms with Crippen LogP contribution in [0.25, 0.3) is 0 Å². The summed E-state index contributed by atoms with van der Waals surface area (Å²) >= 11 is 0. The number of amides is 1. The summed E-state index contributed by atoms with van der Waals surface area (Å²) in [5.41, 5.74) is -0.536. The van der Waals surface area contributed by atoms with Crippen molar-refractivity contribution < 1.29 is 19.1 Å². The van der Waals surface area contributed by atoms with Gasteiger partial charge in [-0.15, -0.1) is 0 Å². The zero-order valence-corrected chi connectivity index (χ0v) is 13.6. The second kappa shape index (κ2) is 6.91. The lowest BCUT2D eigenvalue weighted by Gasteiger charge is -2.18. The second-order valence-electron chi connectivity index (χ2n) is 5.63. The lowest BCUT2D eigenvalue weighted by molar-refractivity contribution is -0.184. The van der Waals surface area contributed by atoms with Crippen molar-refractivity contribution in [2.45, 2.75) is 46.6 Å². The summed E-state index contributed by atoms with van der Waals surface area (Å²) in [6, 6.07) is 1.54. The molecule has 0 aromatic carbocycles. The second-order valence-corrected chi connectivity index (χ2v) is 5.63. The molecule has 0 spiro atoms. The Balaban J connectivity index is 2.20. The molecule has 1 aromatic heterocycles. The van der Waals surface area contributed by atoms with Gasteiger partial charge in [-0.05, 0) is 6.07 Å². The average molecular weight is 323 g/mol. The summed E-state index contributed by atoms with van der Waals surface area (Å²) in [6.45, 7) is 6.83. The summed E-state index contributed by atoms with van der Waals surface area (Å²) in [5.74, 6) is -0.556. The van der Waals surface area contributed by atoms with Crippen LogP contribution in [0.1, 0.15) is 40.3 Å². The first-order chi connectivity index (χ1) is 10.8. The fraction of sp³-hybridized carbons (Fsp3) is 0.600. The fourth-order valence-electron chi connectivity index (χ4n) is 2.42. The van der Waals surface area contributed by atoms with Crippen molar-refractivity contribution in [2.75, 3.05) is 5.32 Å². The van der Waals surface area contributed by atoms with Crippen LogP contribution >= 0.6 is 0 Å². The van der Waals surface area contributed by atoms with Crippen LogP contribution in [0, 0.1) is 11.8 Å². The summed E-state index contributed by atoms with van der Waals surface area (Å²) in [4.78, 5) is 38.5. The van der Waals surface area contributed by atoms with Gasteiger partial charge in [0.15, 0.2) is 0 Å². The first-order valence-electron chi connectivity index (χ1n) is 7.55. The van der Waals surface area contributed by atoms with E-state index in [-0.39, 0.29) is 23.6 Å². The minimum atomic E-state index is -0.695. The van der Waals surface area contributed by atoms with E-state index in [1.807, 2.05) is 13.8 Å². The molecule has 4 atom stereocenters. The smallest absolute Gasteiger partial charge is 0.351 e. The van der Waals surface area contributed by atoms with E-state index in [9.17, 15) is 14.4 Å². The Kier molecular flexibility index (Phi) is 5.15. The van der Waals surface area contributed by atoms with Crippen molar-refractivity contribution in [2.24, 2.45) is 11.8 Å². The number of hydrogen-bond acceptors (Lipinski definition) is 6. The normalized spacial score (nSPS) is 26.8. The third kappa shape index (κ3) is 3.76. The third-order valence-electron chi connectivity index (χ3n) is 3.96. The molecule has 8 nitrogen and oxygen atoms in total. The molecule has 0 saturated carbocycles. The number of anilines is 1. The van der Waals surface area contributed by atoms with E-state index in [1.165, 1.54) is 23.8 Å². The molecule has 1 unspecified atom stereocenters. The average Bonchev–Trinajstić information content (AvgIpc) is 2.75. The molecule has 1 N–H and O–H groups in total. The zero-order valence-electron chi connectivity index (χ0n) is 13.6. The number of nitrogens with zero attached hydrogens (tertiary/aromatic N) is 2. The van der Waals surface area contributed by atoms with Gasteiger partial charge in [0.1, 0.15) is 12.0 Å². The van der Waals surface area contributed by atoms with E-state index >= 15 is 0 Å². The highest BCUT2D eigenvalue weighted by molar-refractivity contribution is 5.89. The summed E-state index contributed by atoms with van der Waals surface area (Å²) in [5, 5.41) is 2.53.